The number of likely N-dealkylation sites (tertiary alicyclic amines) is 1. The van der Waals surface area contributed by atoms with E-state index in [2.05, 4.69) is 20.9 Å². The number of nitrogens with zero attached hydrogens (tertiary/aromatic N) is 1. The van der Waals surface area contributed by atoms with Gasteiger partial charge >= 0.3 is 6.03 Å². The van der Waals surface area contributed by atoms with Gasteiger partial charge in [0.2, 0.25) is 5.91 Å². The summed E-state index contributed by atoms with van der Waals surface area (Å²) in [6, 6.07) is 13.5. The normalized spacial score (nSPS) is 15.4. The fourth-order valence-electron chi connectivity index (χ4n) is 2.98. The second-order valence-electron chi connectivity index (χ2n) is 6.37. The van der Waals surface area contributed by atoms with Crippen molar-refractivity contribution in [2.45, 2.75) is 25.4 Å². The van der Waals surface area contributed by atoms with E-state index in [1.54, 1.807) is 11.3 Å². The number of para-hydroxylation sites is 1. The van der Waals surface area contributed by atoms with E-state index in [0.29, 0.717) is 13.1 Å². The third-order valence-corrected chi connectivity index (χ3v) is 5.23. The maximum atomic E-state index is 12.1. The molecular formula is C19H24N4O2S. The minimum atomic E-state index is -0.126. The lowest BCUT2D eigenvalue weighted by Crippen LogP contribution is -2.48. The summed E-state index contributed by atoms with van der Waals surface area (Å²) >= 11 is 1.63. The topological polar surface area (TPSA) is 73.5 Å². The van der Waals surface area contributed by atoms with Crippen molar-refractivity contribution in [2.75, 3.05) is 25.0 Å². The lowest BCUT2D eigenvalue weighted by molar-refractivity contribution is -0.117. The molecule has 0 radical (unpaired) electrons. The molecule has 0 aliphatic carbocycles. The third-order valence-electron chi connectivity index (χ3n) is 4.35. The number of benzene rings is 1. The molecule has 1 aliphatic rings. The number of amides is 3. The molecule has 1 aromatic carbocycles. The second-order valence-corrected chi connectivity index (χ2v) is 7.40. The zero-order valence-electron chi connectivity index (χ0n) is 14.6. The highest BCUT2D eigenvalue weighted by Gasteiger charge is 2.22. The number of hydrogen-bond acceptors (Lipinski definition) is 4. The van der Waals surface area contributed by atoms with Crippen LogP contribution in [0.5, 0.6) is 0 Å². The Bertz CT molecular complexity index is 698. The molecule has 0 spiro atoms. The fourth-order valence-corrected chi connectivity index (χ4v) is 3.62. The maximum absolute atomic E-state index is 12.1. The van der Waals surface area contributed by atoms with Gasteiger partial charge in [-0.25, -0.2) is 4.79 Å². The van der Waals surface area contributed by atoms with Gasteiger partial charge in [0.15, 0.2) is 0 Å². The van der Waals surface area contributed by atoms with Gasteiger partial charge in [0.05, 0.1) is 13.1 Å². The third kappa shape index (κ3) is 5.86. The van der Waals surface area contributed by atoms with Crippen LogP contribution in [0, 0.1) is 0 Å². The van der Waals surface area contributed by atoms with Crippen molar-refractivity contribution >= 4 is 29.0 Å². The van der Waals surface area contributed by atoms with Crippen molar-refractivity contribution in [1.82, 2.24) is 15.5 Å². The van der Waals surface area contributed by atoms with Gasteiger partial charge in [0.1, 0.15) is 0 Å². The van der Waals surface area contributed by atoms with Gasteiger partial charge in [-0.3, -0.25) is 9.69 Å². The van der Waals surface area contributed by atoms with Gasteiger partial charge in [-0.15, -0.1) is 11.3 Å². The monoisotopic (exact) mass is 372 g/mol. The molecule has 6 nitrogen and oxygen atoms in total. The summed E-state index contributed by atoms with van der Waals surface area (Å²) in [5.41, 5.74) is 0.816. The van der Waals surface area contributed by atoms with E-state index < -0.39 is 0 Å². The molecule has 0 unspecified atom stereocenters. The summed E-state index contributed by atoms with van der Waals surface area (Å²) in [4.78, 5) is 27.3. The highest BCUT2D eigenvalue weighted by molar-refractivity contribution is 7.09. The van der Waals surface area contributed by atoms with Crippen LogP contribution in [0.1, 0.15) is 17.7 Å². The summed E-state index contributed by atoms with van der Waals surface area (Å²) in [5, 5.41) is 10.8. The average Bonchev–Trinajstić information content (AvgIpc) is 3.16. The molecule has 0 saturated carbocycles. The molecule has 2 heterocycles. The number of rotatable bonds is 6. The summed E-state index contributed by atoms with van der Waals surface area (Å²) in [6.45, 7) is 2.55. The van der Waals surface area contributed by atoms with E-state index in [0.717, 1.165) is 36.5 Å². The van der Waals surface area contributed by atoms with Crippen molar-refractivity contribution in [3.63, 3.8) is 0 Å². The van der Waals surface area contributed by atoms with E-state index in [4.69, 9.17) is 0 Å². The molecule has 3 rings (SSSR count). The van der Waals surface area contributed by atoms with E-state index in [1.807, 2.05) is 47.8 Å². The first-order chi connectivity index (χ1) is 12.7. The molecule has 2 aromatic rings. The molecule has 1 fully saturated rings. The Balaban J connectivity index is 1.33. The molecule has 26 heavy (non-hydrogen) atoms. The number of anilines is 1. The van der Waals surface area contributed by atoms with E-state index in [-0.39, 0.29) is 18.0 Å². The first-order valence-electron chi connectivity index (χ1n) is 8.83. The molecule has 138 valence electrons. The molecule has 0 bridgehead atoms. The molecule has 1 saturated heterocycles. The van der Waals surface area contributed by atoms with Gasteiger partial charge < -0.3 is 16.0 Å². The van der Waals surface area contributed by atoms with Gasteiger partial charge in [-0.05, 0) is 36.4 Å². The minimum absolute atomic E-state index is 0.00343. The Morgan fingerprint density at radius 3 is 2.54 bits per heavy atom. The highest BCUT2D eigenvalue weighted by Crippen LogP contribution is 2.11. The summed E-state index contributed by atoms with van der Waals surface area (Å²) in [5.74, 6) is -0.00343. The van der Waals surface area contributed by atoms with E-state index in [1.165, 1.54) is 0 Å². The fraction of sp³-hybridized carbons (Fsp3) is 0.368. The largest absolute Gasteiger partial charge is 0.335 e. The lowest BCUT2D eigenvalue weighted by Gasteiger charge is -2.31. The van der Waals surface area contributed by atoms with Crippen LogP contribution in [0.2, 0.25) is 0 Å². The number of urea groups is 1. The molecule has 1 aliphatic heterocycles. The number of hydrogen-bond donors (Lipinski definition) is 3. The Hall–Kier alpha value is -2.38. The van der Waals surface area contributed by atoms with Crippen LogP contribution in [0.25, 0.3) is 0 Å². The van der Waals surface area contributed by atoms with Crippen LogP contribution < -0.4 is 16.0 Å². The zero-order valence-corrected chi connectivity index (χ0v) is 15.4. The van der Waals surface area contributed by atoms with Crippen molar-refractivity contribution in [3.05, 3.63) is 52.7 Å². The Morgan fingerprint density at radius 1 is 1.08 bits per heavy atom. The zero-order chi connectivity index (χ0) is 18.2. The van der Waals surface area contributed by atoms with Crippen LogP contribution in [-0.2, 0) is 11.3 Å². The van der Waals surface area contributed by atoms with Gasteiger partial charge in [-0.1, -0.05) is 24.3 Å². The predicted molar refractivity (Wildman–Crippen MR) is 104 cm³/mol. The van der Waals surface area contributed by atoms with Crippen molar-refractivity contribution < 1.29 is 9.59 Å². The lowest BCUT2D eigenvalue weighted by atomic mass is 10.1. The van der Waals surface area contributed by atoms with Crippen LogP contribution in [0.15, 0.2) is 47.8 Å². The Morgan fingerprint density at radius 2 is 1.85 bits per heavy atom. The highest BCUT2D eigenvalue weighted by atomic mass is 32.1. The van der Waals surface area contributed by atoms with Gasteiger partial charge in [-0.2, -0.15) is 0 Å². The maximum Gasteiger partial charge on any atom is 0.315 e. The summed E-state index contributed by atoms with van der Waals surface area (Å²) in [7, 11) is 0. The molecule has 3 N–H and O–H groups in total. The number of carbonyl (C=O) groups excluding carboxylic acids is 2. The van der Waals surface area contributed by atoms with E-state index >= 15 is 0 Å². The first kappa shape index (κ1) is 18.4. The van der Waals surface area contributed by atoms with Gasteiger partial charge in [0, 0.05) is 29.7 Å². The molecule has 1 aromatic heterocycles. The van der Waals surface area contributed by atoms with Crippen molar-refractivity contribution in [2.24, 2.45) is 0 Å². The van der Waals surface area contributed by atoms with Gasteiger partial charge in [0.25, 0.3) is 0 Å². The number of piperidine rings is 1. The number of carbonyl (C=O) groups is 2. The summed E-state index contributed by atoms with van der Waals surface area (Å²) in [6.07, 6.45) is 1.70. The Kier molecular flexibility index (Phi) is 6.62. The Labute approximate surface area is 157 Å². The molecule has 3 amide bonds. The molecule has 7 heteroatoms. The number of thiophene rings is 1. The summed E-state index contributed by atoms with van der Waals surface area (Å²) < 4.78 is 0. The van der Waals surface area contributed by atoms with Crippen LogP contribution >= 0.6 is 11.3 Å². The number of nitrogens with one attached hydrogen (secondary N) is 3. The standard InChI is InChI=1S/C19H24N4O2S/c24-18(21-15-5-2-1-3-6-15)14-23-10-8-16(9-11-23)22-19(25)20-13-17-7-4-12-26-17/h1-7,12,16H,8-11,13-14H2,(H,21,24)(H2,20,22,25). The van der Waals surface area contributed by atoms with Crippen molar-refractivity contribution in [3.8, 4) is 0 Å². The molecular weight excluding hydrogens is 348 g/mol. The first-order valence-corrected chi connectivity index (χ1v) is 9.71. The van der Waals surface area contributed by atoms with Crippen molar-refractivity contribution in [1.29, 1.82) is 0 Å². The van der Waals surface area contributed by atoms with Crippen LogP contribution in [0.4, 0.5) is 10.5 Å². The second kappa shape index (κ2) is 9.35. The molecule has 0 atom stereocenters. The quantitative estimate of drug-likeness (QED) is 0.730. The average molecular weight is 372 g/mol. The van der Waals surface area contributed by atoms with Crippen LogP contribution in [-0.4, -0.2) is 42.5 Å². The predicted octanol–water partition coefficient (Wildman–Crippen LogP) is 2.65. The smallest absolute Gasteiger partial charge is 0.315 e. The van der Waals surface area contributed by atoms with E-state index in [9.17, 15) is 9.59 Å². The minimum Gasteiger partial charge on any atom is -0.335 e. The van der Waals surface area contributed by atoms with Crippen LogP contribution in [0.3, 0.4) is 0 Å². The SMILES string of the molecule is O=C(CN1CCC(NC(=O)NCc2cccs2)CC1)Nc1ccccc1.